The molecule has 1 aromatic carbocycles. The number of benzene rings is 1. The Morgan fingerprint density at radius 1 is 1.35 bits per heavy atom. The number of H-pyrrole nitrogens is 1. The third kappa shape index (κ3) is 3.43. The number of allylic oxidation sites excluding steroid dienone is 1. The Hall–Kier alpha value is -2.60. The number of imidazole rings is 1. The van der Waals surface area contributed by atoms with Gasteiger partial charge in [0.25, 0.3) is 0 Å². The largest absolute Gasteiger partial charge is 0.388 e. The summed E-state index contributed by atoms with van der Waals surface area (Å²) in [5.74, 6) is 0.742. The predicted octanol–water partition coefficient (Wildman–Crippen LogP) is 2.80. The molecule has 0 radical (unpaired) electrons. The number of carbonyl (C=O) groups excluding carboxylic acids is 1. The van der Waals surface area contributed by atoms with Gasteiger partial charge in [-0.1, -0.05) is 12.2 Å². The molecular formula is C17H21N5O. The van der Waals surface area contributed by atoms with Crippen LogP contribution in [0, 0.1) is 0 Å². The van der Waals surface area contributed by atoms with Crippen molar-refractivity contribution in [1.82, 2.24) is 9.97 Å². The van der Waals surface area contributed by atoms with E-state index in [1.54, 1.807) is 6.20 Å². The first-order chi connectivity index (χ1) is 11.2. The number of fused-ring (bicyclic) bond motifs is 4. The van der Waals surface area contributed by atoms with Gasteiger partial charge in [0.15, 0.2) is 0 Å². The number of anilines is 2. The number of nitrogens with one attached hydrogen (secondary N) is 3. The average Bonchev–Trinajstić information content (AvgIpc) is 3.03. The van der Waals surface area contributed by atoms with E-state index in [-0.39, 0.29) is 11.9 Å². The summed E-state index contributed by atoms with van der Waals surface area (Å²) in [6.07, 6.45) is 7.59. The molecule has 6 heteroatoms. The minimum absolute atomic E-state index is 0.00700. The molecule has 0 saturated heterocycles. The number of hydrogen-bond acceptors (Lipinski definition) is 4. The minimum atomic E-state index is -0.176. The minimum Gasteiger partial charge on any atom is -0.388 e. The SMILES string of the molecule is CNc1ccc2c(c1)NC(=O)CC/C=C\CC(N)c1ncc-2[nH]1. The number of amides is 1. The van der Waals surface area contributed by atoms with Gasteiger partial charge in [0.05, 0.1) is 23.6 Å². The Morgan fingerprint density at radius 3 is 3.04 bits per heavy atom. The normalized spacial score (nSPS) is 19.6. The first-order valence-corrected chi connectivity index (χ1v) is 7.75. The van der Waals surface area contributed by atoms with Crippen LogP contribution in [0.4, 0.5) is 11.4 Å². The van der Waals surface area contributed by atoms with Crippen LogP contribution in [0.3, 0.4) is 0 Å². The monoisotopic (exact) mass is 311 g/mol. The quantitative estimate of drug-likeness (QED) is 0.609. The summed E-state index contributed by atoms with van der Waals surface area (Å²) >= 11 is 0. The zero-order valence-corrected chi connectivity index (χ0v) is 13.1. The molecule has 1 unspecified atom stereocenters. The number of aromatic nitrogens is 2. The van der Waals surface area contributed by atoms with E-state index in [2.05, 4.69) is 20.6 Å². The second-order valence-corrected chi connectivity index (χ2v) is 5.59. The molecule has 3 rings (SSSR count). The molecule has 1 aliphatic heterocycles. The van der Waals surface area contributed by atoms with Crippen molar-refractivity contribution in [3.63, 3.8) is 0 Å². The number of aromatic amines is 1. The highest BCUT2D eigenvalue weighted by atomic mass is 16.1. The number of nitrogens with zero attached hydrogens (tertiary/aromatic N) is 1. The fourth-order valence-corrected chi connectivity index (χ4v) is 2.60. The van der Waals surface area contributed by atoms with E-state index in [0.717, 1.165) is 28.5 Å². The zero-order chi connectivity index (χ0) is 16.2. The maximum Gasteiger partial charge on any atom is 0.224 e. The second-order valence-electron chi connectivity index (χ2n) is 5.59. The van der Waals surface area contributed by atoms with Crippen LogP contribution in [0.5, 0.6) is 0 Å². The van der Waals surface area contributed by atoms with Crippen molar-refractivity contribution < 1.29 is 4.79 Å². The molecule has 0 aliphatic carbocycles. The van der Waals surface area contributed by atoms with Crippen molar-refractivity contribution in [3.8, 4) is 11.3 Å². The Kier molecular flexibility index (Phi) is 4.43. The van der Waals surface area contributed by atoms with E-state index >= 15 is 0 Å². The molecule has 0 saturated carbocycles. The van der Waals surface area contributed by atoms with Crippen LogP contribution in [0.25, 0.3) is 11.3 Å². The molecule has 5 N–H and O–H groups in total. The predicted molar refractivity (Wildman–Crippen MR) is 92.1 cm³/mol. The first kappa shape index (κ1) is 15.3. The highest BCUT2D eigenvalue weighted by Crippen LogP contribution is 2.30. The fourth-order valence-electron chi connectivity index (χ4n) is 2.60. The maximum absolute atomic E-state index is 12.2. The molecule has 2 bridgehead atoms. The van der Waals surface area contributed by atoms with Gasteiger partial charge in [-0.3, -0.25) is 4.79 Å². The summed E-state index contributed by atoms with van der Waals surface area (Å²) in [6.45, 7) is 0. The van der Waals surface area contributed by atoms with Gasteiger partial charge in [0, 0.05) is 24.7 Å². The van der Waals surface area contributed by atoms with E-state index in [1.165, 1.54) is 0 Å². The molecule has 1 atom stereocenters. The summed E-state index contributed by atoms with van der Waals surface area (Å²) in [5, 5.41) is 6.08. The van der Waals surface area contributed by atoms with Gasteiger partial charge >= 0.3 is 0 Å². The van der Waals surface area contributed by atoms with Gasteiger partial charge in [0.1, 0.15) is 5.82 Å². The Balaban J connectivity index is 2.05. The Morgan fingerprint density at radius 2 is 2.22 bits per heavy atom. The number of hydrogen-bond donors (Lipinski definition) is 4. The summed E-state index contributed by atoms with van der Waals surface area (Å²) in [7, 11) is 1.85. The van der Waals surface area contributed by atoms with Crippen molar-refractivity contribution >= 4 is 17.3 Å². The first-order valence-electron chi connectivity index (χ1n) is 7.75. The lowest BCUT2D eigenvalue weighted by Gasteiger charge is -2.12. The van der Waals surface area contributed by atoms with Crippen molar-refractivity contribution in [3.05, 3.63) is 42.4 Å². The van der Waals surface area contributed by atoms with Crippen LogP contribution in [0.2, 0.25) is 0 Å². The molecule has 0 fully saturated rings. The van der Waals surface area contributed by atoms with Crippen LogP contribution in [0.15, 0.2) is 36.5 Å². The van der Waals surface area contributed by atoms with Crippen LogP contribution in [0.1, 0.15) is 31.1 Å². The Bertz CT molecular complexity index is 734. The lowest BCUT2D eigenvalue weighted by atomic mass is 10.1. The lowest BCUT2D eigenvalue weighted by molar-refractivity contribution is -0.116. The van der Waals surface area contributed by atoms with E-state index < -0.39 is 0 Å². The second kappa shape index (κ2) is 6.66. The molecule has 1 aromatic heterocycles. The van der Waals surface area contributed by atoms with Gasteiger partial charge in [-0.25, -0.2) is 4.98 Å². The van der Waals surface area contributed by atoms with Crippen molar-refractivity contribution in [2.45, 2.75) is 25.3 Å². The topological polar surface area (TPSA) is 95.8 Å². The van der Waals surface area contributed by atoms with Crippen molar-refractivity contribution in [1.29, 1.82) is 0 Å². The number of rotatable bonds is 1. The van der Waals surface area contributed by atoms with Gasteiger partial charge in [-0.05, 0) is 31.0 Å². The molecule has 2 aromatic rings. The van der Waals surface area contributed by atoms with Gasteiger partial charge < -0.3 is 21.4 Å². The standard InChI is InChI=1S/C17H21N5O/c1-19-11-7-8-12-14(9-11)21-16(23)6-4-2-3-5-13(18)17-20-10-15(12)22-17/h2-3,7-10,13,19H,4-6,18H2,1H3,(H,20,22)(H,21,23)/b3-2-. The van der Waals surface area contributed by atoms with Gasteiger partial charge in [-0.2, -0.15) is 0 Å². The summed E-state index contributed by atoms with van der Waals surface area (Å²) in [4.78, 5) is 19.8. The molecule has 0 spiro atoms. The zero-order valence-electron chi connectivity index (χ0n) is 13.1. The van der Waals surface area contributed by atoms with Crippen LogP contribution < -0.4 is 16.4 Å². The smallest absolute Gasteiger partial charge is 0.224 e. The van der Waals surface area contributed by atoms with Crippen LogP contribution in [-0.4, -0.2) is 22.9 Å². The highest BCUT2D eigenvalue weighted by Gasteiger charge is 2.15. The molecule has 120 valence electrons. The third-order valence-corrected chi connectivity index (χ3v) is 3.91. The average molecular weight is 311 g/mol. The molecular weight excluding hydrogens is 290 g/mol. The van der Waals surface area contributed by atoms with Gasteiger partial charge in [-0.15, -0.1) is 0 Å². The van der Waals surface area contributed by atoms with E-state index in [0.29, 0.717) is 19.3 Å². The van der Waals surface area contributed by atoms with E-state index in [1.807, 2.05) is 37.4 Å². The molecule has 2 heterocycles. The summed E-state index contributed by atoms with van der Waals surface area (Å²) in [5.41, 5.74) is 9.59. The lowest BCUT2D eigenvalue weighted by Crippen LogP contribution is -2.12. The molecule has 23 heavy (non-hydrogen) atoms. The third-order valence-electron chi connectivity index (χ3n) is 3.91. The van der Waals surface area contributed by atoms with E-state index in [9.17, 15) is 4.79 Å². The molecule has 6 nitrogen and oxygen atoms in total. The van der Waals surface area contributed by atoms with E-state index in [4.69, 9.17) is 5.73 Å². The highest BCUT2D eigenvalue weighted by molar-refractivity contribution is 5.96. The molecule has 1 amide bonds. The maximum atomic E-state index is 12.2. The number of nitrogens with two attached hydrogens (primary N) is 1. The van der Waals surface area contributed by atoms with Gasteiger partial charge in [0.2, 0.25) is 5.91 Å². The Labute approximate surface area is 135 Å². The van der Waals surface area contributed by atoms with Crippen LogP contribution in [-0.2, 0) is 4.79 Å². The summed E-state index contributed by atoms with van der Waals surface area (Å²) in [6, 6.07) is 5.67. The fraction of sp³-hybridized carbons (Fsp3) is 0.294. The van der Waals surface area contributed by atoms with Crippen molar-refractivity contribution in [2.75, 3.05) is 17.7 Å². The van der Waals surface area contributed by atoms with Crippen LogP contribution >= 0.6 is 0 Å². The number of carbonyl (C=O) groups is 1. The molecule has 1 aliphatic rings. The summed E-state index contributed by atoms with van der Waals surface area (Å²) < 4.78 is 0. The van der Waals surface area contributed by atoms with Crippen molar-refractivity contribution in [2.24, 2.45) is 5.73 Å².